The molecule has 0 spiro atoms. The van der Waals surface area contributed by atoms with E-state index in [-0.39, 0.29) is 0 Å². The topological polar surface area (TPSA) is 0 Å². The summed E-state index contributed by atoms with van der Waals surface area (Å²) >= 11 is 0. The summed E-state index contributed by atoms with van der Waals surface area (Å²) in [5, 5.41) is 0. The van der Waals surface area contributed by atoms with Gasteiger partial charge in [-0.15, -0.1) is 0 Å². The maximum Gasteiger partial charge on any atom is -0.0417 e. The van der Waals surface area contributed by atoms with Gasteiger partial charge in [0, 0.05) is 0 Å². The van der Waals surface area contributed by atoms with Gasteiger partial charge in [-0.05, 0) is 11.8 Å². The first kappa shape index (κ1) is 35.0. The number of hydrogen-bond acceptors (Lipinski definition) is 0. The van der Waals surface area contributed by atoms with Crippen LogP contribution >= 0.6 is 0 Å². The van der Waals surface area contributed by atoms with Crippen LogP contribution in [0.4, 0.5) is 0 Å². The highest BCUT2D eigenvalue weighted by Gasteiger charge is 2.11. The summed E-state index contributed by atoms with van der Waals surface area (Å²) in [6.07, 6.45) is 42.6. The zero-order valence-electron chi connectivity index (χ0n) is 25.7. The lowest BCUT2D eigenvalue weighted by Gasteiger charge is -2.19. The Balaban J connectivity index is 3.27. The van der Waals surface area contributed by atoms with Crippen LogP contribution in [0.25, 0.3) is 0 Å². The van der Waals surface area contributed by atoms with Crippen molar-refractivity contribution in [2.24, 2.45) is 11.8 Å². The summed E-state index contributed by atoms with van der Waals surface area (Å²) in [7, 11) is 0. The molecule has 0 heteroatoms. The lowest BCUT2D eigenvalue weighted by molar-refractivity contribution is 0.322. The highest BCUT2D eigenvalue weighted by molar-refractivity contribution is 4.63. The number of rotatable bonds is 30. The molecular weight excluding hydrogens is 420 g/mol. The minimum Gasteiger partial charge on any atom is -0.0654 e. The Morgan fingerprint density at radius 2 is 0.429 bits per heavy atom. The normalized spacial score (nSPS) is 13.4. The van der Waals surface area contributed by atoms with Gasteiger partial charge in [0.05, 0.1) is 0 Å². The predicted molar refractivity (Wildman–Crippen MR) is 164 cm³/mol. The average Bonchev–Trinajstić information content (AvgIpc) is 2.86. The van der Waals surface area contributed by atoms with Crippen molar-refractivity contribution in [2.45, 2.75) is 214 Å². The monoisotopic (exact) mass is 493 g/mol. The molecule has 0 aromatic carbocycles. The molecule has 0 bridgehead atoms. The fourth-order valence-corrected chi connectivity index (χ4v) is 5.71. The molecule has 2 atom stereocenters. The minimum absolute atomic E-state index is 0.935. The minimum atomic E-state index is 0.935. The van der Waals surface area contributed by atoms with Gasteiger partial charge in [0.25, 0.3) is 0 Å². The molecule has 0 aliphatic heterocycles. The first-order valence-electron chi connectivity index (χ1n) is 17.2. The maximum absolute atomic E-state index is 2.52. The molecule has 0 aromatic rings. The SMILES string of the molecule is CCCCCCCCCCCCCCCCC(C)C(C)CCCCCCCCCCCCCCC. The van der Waals surface area contributed by atoms with Crippen LogP contribution < -0.4 is 0 Å². The van der Waals surface area contributed by atoms with Crippen LogP contribution in [0.15, 0.2) is 0 Å². The quantitative estimate of drug-likeness (QED) is 0.0874. The molecule has 0 N–H and O–H groups in total. The Kier molecular flexibility index (Phi) is 30.2. The van der Waals surface area contributed by atoms with Crippen LogP contribution in [0.1, 0.15) is 214 Å². The number of hydrogen-bond donors (Lipinski definition) is 0. The van der Waals surface area contributed by atoms with Crippen molar-refractivity contribution in [3.8, 4) is 0 Å². The zero-order valence-corrected chi connectivity index (χ0v) is 25.7. The highest BCUT2D eigenvalue weighted by Crippen LogP contribution is 2.24. The van der Waals surface area contributed by atoms with E-state index in [1.807, 2.05) is 0 Å². The van der Waals surface area contributed by atoms with Gasteiger partial charge in [0.1, 0.15) is 0 Å². The summed E-state index contributed by atoms with van der Waals surface area (Å²) in [5.74, 6) is 1.87. The van der Waals surface area contributed by atoms with Gasteiger partial charge >= 0.3 is 0 Å². The molecule has 0 nitrogen and oxygen atoms in total. The Hall–Kier alpha value is 0. The van der Waals surface area contributed by atoms with Crippen molar-refractivity contribution in [1.29, 1.82) is 0 Å². The smallest absolute Gasteiger partial charge is 0.0417 e. The Morgan fingerprint density at radius 3 is 0.629 bits per heavy atom. The van der Waals surface area contributed by atoms with E-state index in [1.165, 1.54) is 186 Å². The average molecular weight is 493 g/mol. The summed E-state index contributed by atoms with van der Waals surface area (Å²) in [6.45, 7) is 9.66. The molecule has 0 aliphatic rings. The lowest BCUT2D eigenvalue weighted by atomic mass is 9.86. The first-order chi connectivity index (χ1) is 17.2. The molecule has 2 unspecified atom stereocenters. The van der Waals surface area contributed by atoms with Crippen LogP contribution in [0.3, 0.4) is 0 Å². The fourth-order valence-electron chi connectivity index (χ4n) is 5.71. The number of unbranched alkanes of at least 4 members (excludes halogenated alkanes) is 25. The van der Waals surface area contributed by atoms with Gasteiger partial charge in [-0.3, -0.25) is 0 Å². The van der Waals surface area contributed by atoms with E-state index < -0.39 is 0 Å². The maximum atomic E-state index is 2.52. The Morgan fingerprint density at radius 1 is 0.257 bits per heavy atom. The summed E-state index contributed by atoms with van der Waals surface area (Å²) < 4.78 is 0. The summed E-state index contributed by atoms with van der Waals surface area (Å²) in [4.78, 5) is 0. The van der Waals surface area contributed by atoms with Crippen LogP contribution in [0, 0.1) is 11.8 Å². The summed E-state index contributed by atoms with van der Waals surface area (Å²) in [6, 6.07) is 0. The van der Waals surface area contributed by atoms with Gasteiger partial charge in [-0.2, -0.15) is 0 Å². The van der Waals surface area contributed by atoms with Gasteiger partial charge in [0.15, 0.2) is 0 Å². The zero-order chi connectivity index (χ0) is 25.7. The van der Waals surface area contributed by atoms with Crippen molar-refractivity contribution in [2.75, 3.05) is 0 Å². The third-order valence-electron chi connectivity index (χ3n) is 8.75. The van der Waals surface area contributed by atoms with E-state index in [1.54, 1.807) is 0 Å². The van der Waals surface area contributed by atoms with E-state index in [2.05, 4.69) is 27.7 Å². The molecule has 0 saturated carbocycles. The lowest BCUT2D eigenvalue weighted by Crippen LogP contribution is -2.08. The summed E-state index contributed by atoms with van der Waals surface area (Å²) in [5.41, 5.74) is 0. The van der Waals surface area contributed by atoms with Crippen LogP contribution in [0.2, 0.25) is 0 Å². The van der Waals surface area contributed by atoms with Crippen LogP contribution in [-0.2, 0) is 0 Å². The van der Waals surface area contributed by atoms with Crippen molar-refractivity contribution < 1.29 is 0 Å². The largest absolute Gasteiger partial charge is 0.0654 e. The molecule has 0 aromatic heterocycles. The third-order valence-corrected chi connectivity index (χ3v) is 8.75. The molecular formula is C35H72. The molecule has 0 aliphatic carbocycles. The van der Waals surface area contributed by atoms with E-state index >= 15 is 0 Å². The van der Waals surface area contributed by atoms with Crippen LogP contribution in [0.5, 0.6) is 0 Å². The first-order valence-corrected chi connectivity index (χ1v) is 17.2. The molecule has 0 heterocycles. The van der Waals surface area contributed by atoms with Gasteiger partial charge in [0.2, 0.25) is 0 Å². The van der Waals surface area contributed by atoms with Gasteiger partial charge < -0.3 is 0 Å². The fraction of sp³-hybridized carbons (Fsp3) is 1.00. The standard InChI is InChI=1S/C35H72/c1-5-7-9-11-13-15-17-19-21-23-25-27-29-31-33-35(4)34(3)32-30-28-26-24-22-20-18-16-14-12-10-8-6-2/h34-35H,5-33H2,1-4H3. The van der Waals surface area contributed by atoms with Crippen molar-refractivity contribution in [3.63, 3.8) is 0 Å². The molecule has 0 radical (unpaired) electrons. The highest BCUT2D eigenvalue weighted by atomic mass is 14.2. The second-order valence-electron chi connectivity index (χ2n) is 12.4. The molecule has 212 valence electrons. The molecule has 0 fully saturated rings. The molecule has 35 heavy (non-hydrogen) atoms. The van der Waals surface area contributed by atoms with E-state index in [9.17, 15) is 0 Å². The van der Waals surface area contributed by atoms with Crippen molar-refractivity contribution in [3.05, 3.63) is 0 Å². The van der Waals surface area contributed by atoms with Crippen LogP contribution in [-0.4, -0.2) is 0 Å². The van der Waals surface area contributed by atoms with Gasteiger partial charge in [-0.25, -0.2) is 0 Å². The second-order valence-corrected chi connectivity index (χ2v) is 12.4. The van der Waals surface area contributed by atoms with Crippen molar-refractivity contribution in [1.82, 2.24) is 0 Å². The van der Waals surface area contributed by atoms with E-state index in [0.29, 0.717) is 0 Å². The van der Waals surface area contributed by atoms with E-state index in [0.717, 1.165) is 11.8 Å². The molecule has 0 amide bonds. The second kappa shape index (κ2) is 30.2. The van der Waals surface area contributed by atoms with E-state index in [4.69, 9.17) is 0 Å². The van der Waals surface area contributed by atoms with Crippen molar-refractivity contribution >= 4 is 0 Å². The Labute approximate surface area is 225 Å². The predicted octanol–water partition coefficient (Wildman–Crippen LogP) is 13.6. The molecule has 0 saturated heterocycles. The Bertz CT molecular complexity index is 359. The molecule has 0 rings (SSSR count). The van der Waals surface area contributed by atoms with Gasteiger partial charge in [-0.1, -0.05) is 214 Å². The third kappa shape index (κ3) is 28.4.